The molecule has 0 aromatic carbocycles. The van der Waals surface area contributed by atoms with Gasteiger partial charge in [-0.15, -0.1) is 0 Å². The molecule has 0 amide bonds. The molecule has 0 spiro atoms. The van der Waals surface area contributed by atoms with Crippen LogP contribution in [0.2, 0.25) is 0 Å². The van der Waals surface area contributed by atoms with Gasteiger partial charge in [0.1, 0.15) is 11.1 Å². The van der Waals surface area contributed by atoms with E-state index in [4.69, 9.17) is 0 Å². The fraction of sp³-hybridized carbons (Fsp3) is 0.857. The summed E-state index contributed by atoms with van der Waals surface area (Å²) in [5.41, 5.74) is 8.13. The molecule has 0 aliphatic heterocycles. The van der Waals surface area contributed by atoms with Gasteiger partial charge in [-0.2, -0.15) is 0 Å². The van der Waals surface area contributed by atoms with Crippen LogP contribution in [0, 0.1) is 17.3 Å². The normalized spacial score (nSPS) is 40.5. The van der Waals surface area contributed by atoms with Gasteiger partial charge in [-0.25, -0.2) is 0 Å². The molecule has 4 fully saturated rings. The topological polar surface area (TPSA) is 130 Å². The third-order valence-corrected chi connectivity index (χ3v) is 6.05. The maximum Gasteiger partial charge on any atom is 0.303 e. The predicted molar refractivity (Wildman–Crippen MR) is 68.2 cm³/mol. The van der Waals surface area contributed by atoms with Crippen LogP contribution in [0.1, 0.15) is 44.9 Å². The first-order valence-corrected chi connectivity index (χ1v) is 7.31. The molecule has 0 atom stereocenters. The summed E-state index contributed by atoms with van der Waals surface area (Å²) in [5, 5.41) is 18.6. The highest BCUT2D eigenvalue weighted by Crippen LogP contribution is 2.65. The Morgan fingerprint density at radius 3 is 1.45 bits per heavy atom. The highest BCUT2D eigenvalue weighted by atomic mass is 35.5. The summed E-state index contributed by atoms with van der Waals surface area (Å²) in [5.74, 6) is -1.47. The lowest BCUT2D eigenvalue weighted by atomic mass is 9.40. The van der Waals surface area contributed by atoms with E-state index in [1.807, 2.05) is 0 Å². The Bertz CT molecular complexity index is 431. The maximum absolute atomic E-state index is 11.3. The molecule has 22 heavy (non-hydrogen) atoms. The van der Waals surface area contributed by atoms with Crippen molar-refractivity contribution in [2.24, 2.45) is 17.3 Å². The van der Waals surface area contributed by atoms with Crippen LogP contribution in [0.25, 0.3) is 0 Å². The molecule has 0 aromatic heterocycles. The van der Waals surface area contributed by atoms with Crippen molar-refractivity contribution in [3.63, 3.8) is 0 Å². The van der Waals surface area contributed by atoms with Crippen LogP contribution in [-0.4, -0.2) is 33.2 Å². The number of aliphatic carboxylic acids is 2. The first kappa shape index (κ1) is 19.5. The highest BCUT2D eigenvalue weighted by molar-refractivity contribution is 5.72. The van der Waals surface area contributed by atoms with E-state index in [9.17, 15) is 19.8 Å². The van der Waals surface area contributed by atoms with Gasteiger partial charge in [0, 0.05) is 25.7 Å². The Morgan fingerprint density at radius 2 is 1.18 bits per heavy atom. The summed E-state index contributed by atoms with van der Waals surface area (Å²) < 4.78 is 0. The maximum atomic E-state index is 11.3. The van der Waals surface area contributed by atoms with E-state index >= 15 is 0 Å². The lowest BCUT2D eigenvalue weighted by molar-refractivity contribution is -0.577. The third kappa shape index (κ3) is 2.94. The van der Waals surface area contributed by atoms with Gasteiger partial charge in [0.05, 0.1) is 19.3 Å². The molecule has 0 unspecified atom stereocenters. The van der Waals surface area contributed by atoms with Gasteiger partial charge in [-0.05, 0) is 17.3 Å². The quantitative estimate of drug-likeness (QED) is 0.399. The zero-order chi connectivity index (χ0) is 14.8. The zero-order valence-electron chi connectivity index (χ0n) is 12.5. The standard InChI is InChI=1S/C14H22N2O4.2ClH/c15-12-1-8-2-13(16,7-12)4-9(3-12)14(8,5-10(17)18)6-11(19)20;;/h8-9H,1-7,15-16H2,(H,17,18)(H,19,20);2*1H. The largest absolute Gasteiger partial charge is 1.00 e. The molecular formula is C14H24Cl2N2O4. The highest BCUT2D eigenvalue weighted by Gasteiger charge is 2.68. The summed E-state index contributed by atoms with van der Waals surface area (Å²) in [7, 11) is 0. The van der Waals surface area contributed by atoms with Gasteiger partial charge in [0.15, 0.2) is 0 Å². The van der Waals surface area contributed by atoms with Crippen LogP contribution in [0.3, 0.4) is 0 Å². The zero-order valence-corrected chi connectivity index (χ0v) is 14.0. The monoisotopic (exact) mass is 354 g/mol. The number of hydrogen-bond donors (Lipinski definition) is 4. The van der Waals surface area contributed by atoms with Gasteiger partial charge in [0.2, 0.25) is 0 Å². The molecular weight excluding hydrogens is 331 g/mol. The van der Waals surface area contributed by atoms with Crippen molar-refractivity contribution in [2.45, 2.75) is 56.0 Å². The summed E-state index contributed by atoms with van der Waals surface area (Å²) in [4.78, 5) is 22.6. The molecule has 4 aliphatic carbocycles. The molecule has 0 saturated heterocycles. The van der Waals surface area contributed by atoms with E-state index in [1.165, 1.54) is 0 Å². The van der Waals surface area contributed by atoms with E-state index < -0.39 is 17.4 Å². The SMILES string of the molecule is [Cl-].[Cl-].[NH3+]C12CC3CC([NH3+])(CC(C1)C3(CC(=O)O)CC(=O)O)C2. The second kappa shape index (κ2) is 5.82. The van der Waals surface area contributed by atoms with Crippen LogP contribution in [0.15, 0.2) is 0 Å². The molecule has 8 heteroatoms. The Labute approximate surface area is 141 Å². The Balaban J connectivity index is 0.00000121. The van der Waals surface area contributed by atoms with E-state index in [0.717, 1.165) is 32.1 Å². The number of carboxylic acid groups (broad SMARTS) is 2. The number of halogens is 2. The smallest absolute Gasteiger partial charge is 0.303 e. The average Bonchev–Trinajstić information content (AvgIpc) is 2.20. The minimum absolute atomic E-state index is 0. The van der Waals surface area contributed by atoms with Crippen molar-refractivity contribution in [1.82, 2.24) is 0 Å². The third-order valence-electron chi connectivity index (χ3n) is 6.05. The fourth-order valence-corrected chi connectivity index (χ4v) is 5.84. The molecule has 0 aromatic rings. The van der Waals surface area contributed by atoms with E-state index in [1.54, 1.807) is 0 Å². The average molecular weight is 355 g/mol. The van der Waals surface area contributed by atoms with Crippen LogP contribution >= 0.6 is 0 Å². The lowest BCUT2D eigenvalue weighted by Gasteiger charge is -2.64. The summed E-state index contributed by atoms with van der Waals surface area (Å²) in [6.45, 7) is 0. The number of carbonyl (C=O) groups is 2. The molecule has 0 heterocycles. The van der Waals surface area contributed by atoms with E-state index in [2.05, 4.69) is 11.5 Å². The predicted octanol–water partition coefficient (Wildman–Crippen LogP) is -6.88. The lowest BCUT2D eigenvalue weighted by Crippen LogP contribution is -3.00. The van der Waals surface area contributed by atoms with Crippen molar-refractivity contribution in [3.05, 3.63) is 0 Å². The van der Waals surface area contributed by atoms with Crippen LogP contribution < -0.4 is 36.3 Å². The number of rotatable bonds is 4. The van der Waals surface area contributed by atoms with Gasteiger partial charge in [0.25, 0.3) is 0 Å². The molecule has 4 saturated carbocycles. The molecule has 8 N–H and O–H groups in total. The summed E-state index contributed by atoms with van der Waals surface area (Å²) in [6.07, 6.45) is 4.40. The summed E-state index contributed by atoms with van der Waals surface area (Å²) >= 11 is 0. The molecule has 4 aliphatic rings. The number of quaternary nitrogens is 2. The minimum Gasteiger partial charge on any atom is -1.00 e. The fourth-order valence-electron chi connectivity index (χ4n) is 5.84. The van der Waals surface area contributed by atoms with E-state index in [-0.39, 0.29) is 60.6 Å². The summed E-state index contributed by atoms with van der Waals surface area (Å²) in [6, 6.07) is 0. The molecule has 4 bridgehead atoms. The van der Waals surface area contributed by atoms with Gasteiger partial charge < -0.3 is 46.5 Å². The van der Waals surface area contributed by atoms with Crippen molar-refractivity contribution in [1.29, 1.82) is 0 Å². The van der Waals surface area contributed by atoms with Crippen molar-refractivity contribution >= 4 is 11.9 Å². The second-order valence-electron chi connectivity index (χ2n) is 7.76. The minimum atomic E-state index is -0.880. The second-order valence-corrected chi connectivity index (χ2v) is 7.76. The first-order valence-electron chi connectivity index (χ1n) is 7.31. The van der Waals surface area contributed by atoms with Crippen LogP contribution in [0.4, 0.5) is 0 Å². The Kier molecular flexibility index (Phi) is 5.15. The number of hydrogen-bond acceptors (Lipinski definition) is 2. The van der Waals surface area contributed by atoms with Gasteiger partial charge in [-0.3, -0.25) is 9.59 Å². The molecule has 0 radical (unpaired) electrons. The van der Waals surface area contributed by atoms with Gasteiger partial charge in [-0.1, -0.05) is 0 Å². The van der Waals surface area contributed by atoms with Crippen molar-refractivity contribution in [3.8, 4) is 0 Å². The van der Waals surface area contributed by atoms with Gasteiger partial charge >= 0.3 is 11.9 Å². The molecule has 4 rings (SSSR count). The first-order chi connectivity index (χ1) is 9.16. The molecule has 6 nitrogen and oxygen atoms in total. The van der Waals surface area contributed by atoms with Crippen molar-refractivity contribution < 1.29 is 56.1 Å². The van der Waals surface area contributed by atoms with Crippen molar-refractivity contribution in [2.75, 3.05) is 0 Å². The number of carboxylic acids is 2. The van der Waals surface area contributed by atoms with Crippen LogP contribution in [-0.2, 0) is 9.59 Å². The van der Waals surface area contributed by atoms with E-state index in [0.29, 0.717) is 0 Å². The van der Waals surface area contributed by atoms with Crippen LogP contribution in [0.5, 0.6) is 0 Å². The Morgan fingerprint density at radius 1 is 0.864 bits per heavy atom. The Hall–Kier alpha value is -0.560. The molecule has 128 valence electrons.